The fourth-order valence-electron chi connectivity index (χ4n) is 4.31. The number of nitrogens with zero attached hydrogens (tertiary/aromatic N) is 2. The van der Waals surface area contributed by atoms with E-state index in [0.717, 1.165) is 51.1 Å². The number of hydrogen-bond donors (Lipinski definition) is 2. The van der Waals surface area contributed by atoms with Crippen LogP contribution in [0.15, 0.2) is 24.3 Å². The van der Waals surface area contributed by atoms with Crippen molar-refractivity contribution in [2.75, 3.05) is 31.1 Å². The number of aliphatic hydroxyl groups is 2. The maximum absolute atomic E-state index is 11.8. The smallest absolute Gasteiger partial charge is 0.227 e. The van der Waals surface area contributed by atoms with Crippen LogP contribution in [-0.2, 0) is 11.3 Å². The lowest BCUT2D eigenvalue weighted by molar-refractivity contribution is -0.117. The van der Waals surface area contributed by atoms with Crippen molar-refractivity contribution in [2.24, 2.45) is 5.41 Å². The van der Waals surface area contributed by atoms with Crippen molar-refractivity contribution in [3.63, 3.8) is 0 Å². The molecule has 0 spiro atoms. The molecule has 3 rings (SSSR count). The summed E-state index contributed by atoms with van der Waals surface area (Å²) in [5, 5.41) is 20.3. The second kappa shape index (κ2) is 7.85. The predicted molar refractivity (Wildman–Crippen MR) is 98.4 cm³/mol. The number of benzene rings is 1. The van der Waals surface area contributed by atoms with Gasteiger partial charge in [-0.15, -0.1) is 0 Å². The third-order valence-electron chi connectivity index (χ3n) is 5.75. The Bertz CT molecular complexity index is 589. The van der Waals surface area contributed by atoms with Gasteiger partial charge >= 0.3 is 0 Å². The van der Waals surface area contributed by atoms with E-state index in [0.29, 0.717) is 12.8 Å². The van der Waals surface area contributed by atoms with E-state index in [1.54, 1.807) is 0 Å². The molecule has 2 fully saturated rings. The number of likely N-dealkylation sites (tertiary alicyclic amines) is 1. The average molecular weight is 346 g/mol. The van der Waals surface area contributed by atoms with Crippen LogP contribution in [0.4, 0.5) is 5.69 Å². The Morgan fingerprint density at radius 3 is 2.60 bits per heavy atom. The first-order valence-corrected chi connectivity index (χ1v) is 9.48. The highest BCUT2D eigenvalue weighted by atomic mass is 16.3. The SMILES string of the molecule is CCC[C@@]1(CO)CN(Cc2ccc(N3CCCC3=O)cc2)CC[C@@H]1O. The number of carbonyl (C=O) groups excluding carboxylic acids is 1. The summed E-state index contributed by atoms with van der Waals surface area (Å²) in [5.74, 6) is 0.213. The highest BCUT2D eigenvalue weighted by Gasteiger charge is 2.41. The minimum Gasteiger partial charge on any atom is -0.396 e. The van der Waals surface area contributed by atoms with Crippen molar-refractivity contribution in [3.8, 4) is 0 Å². The van der Waals surface area contributed by atoms with Gasteiger partial charge in [-0.1, -0.05) is 25.5 Å². The molecule has 0 bridgehead atoms. The highest BCUT2D eigenvalue weighted by Crippen LogP contribution is 2.35. The molecule has 2 saturated heterocycles. The Morgan fingerprint density at radius 1 is 1.24 bits per heavy atom. The van der Waals surface area contributed by atoms with Crippen molar-refractivity contribution in [3.05, 3.63) is 29.8 Å². The van der Waals surface area contributed by atoms with Gasteiger partial charge in [-0.05, 0) is 37.0 Å². The summed E-state index contributed by atoms with van der Waals surface area (Å²) in [5.41, 5.74) is 1.79. The Morgan fingerprint density at radius 2 is 2.00 bits per heavy atom. The zero-order valence-electron chi connectivity index (χ0n) is 15.2. The van der Waals surface area contributed by atoms with Crippen LogP contribution in [0.3, 0.4) is 0 Å². The van der Waals surface area contributed by atoms with Crippen LogP contribution in [0.2, 0.25) is 0 Å². The highest BCUT2D eigenvalue weighted by molar-refractivity contribution is 5.95. The van der Waals surface area contributed by atoms with Crippen molar-refractivity contribution >= 4 is 11.6 Å². The van der Waals surface area contributed by atoms with E-state index in [9.17, 15) is 15.0 Å². The lowest BCUT2D eigenvalue weighted by Crippen LogP contribution is -2.53. The van der Waals surface area contributed by atoms with Gasteiger partial charge < -0.3 is 15.1 Å². The minimum absolute atomic E-state index is 0.0362. The first-order valence-electron chi connectivity index (χ1n) is 9.48. The van der Waals surface area contributed by atoms with E-state index in [1.807, 2.05) is 17.0 Å². The first kappa shape index (κ1) is 18.4. The standard InChI is InChI=1S/C20H30N2O3/c1-2-10-20(15-23)14-21(12-9-18(20)24)13-16-5-7-17(8-6-16)22-11-3-4-19(22)25/h5-8,18,23-24H,2-4,9-15H2,1H3/t18-,20-/m0/s1. The third kappa shape index (κ3) is 3.89. The van der Waals surface area contributed by atoms with Gasteiger partial charge in [0.1, 0.15) is 0 Å². The van der Waals surface area contributed by atoms with Gasteiger partial charge in [-0.2, -0.15) is 0 Å². The Kier molecular flexibility index (Phi) is 5.77. The van der Waals surface area contributed by atoms with Crippen LogP contribution in [-0.4, -0.2) is 53.4 Å². The van der Waals surface area contributed by atoms with Gasteiger partial charge in [-0.25, -0.2) is 0 Å². The van der Waals surface area contributed by atoms with Crippen molar-refractivity contribution in [1.29, 1.82) is 0 Å². The molecule has 2 heterocycles. The molecule has 5 heteroatoms. The van der Waals surface area contributed by atoms with E-state index in [-0.39, 0.29) is 12.5 Å². The zero-order chi connectivity index (χ0) is 17.9. The van der Waals surface area contributed by atoms with Gasteiger partial charge in [0.2, 0.25) is 5.91 Å². The number of amides is 1. The summed E-state index contributed by atoms with van der Waals surface area (Å²) >= 11 is 0. The van der Waals surface area contributed by atoms with Crippen LogP contribution in [0.25, 0.3) is 0 Å². The molecule has 1 aromatic rings. The Labute approximate surface area is 150 Å². The van der Waals surface area contributed by atoms with Crippen LogP contribution >= 0.6 is 0 Å². The Balaban J connectivity index is 1.65. The summed E-state index contributed by atoms with van der Waals surface area (Å²) in [6.07, 6.45) is 3.69. The third-order valence-corrected chi connectivity index (χ3v) is 5.75. The molecule has 1 aromatic carbocycles. The maximum Gasteiger partial charge on any atom is 0.227 e. The second-order valence-electron chi connectivity index (χ2n) is 7.60. The maximum atomic E-state index is 11.8. The first-order chi connectivity index (χ1) is 12.1. The quantitative estimate of drug-likeness (QED) is 0.828. The minimum atomic E-state index is -0.419. The molecule has 1 amide bonds. The summed E-state index contributed by atoms with van der Waals surface area (Å²) < 4.78 is 0. The molecular weight excluding hydrogens is 316 g/mol. The summed E-state index contributed by atoms with van der Waals surface area (Å²) in [7, 11) is 0. The fraction of sp³-hybridized carbons (Fsp3) is 0.650. The molecule has 0 aliphatic carbocycles. The topological polar surface area (TPSA) is 64.0 Å². The van der Waals surface area contributed by atoms with E-state index in [4.69, 9.17) is 0 Å². The number of hydrogen-bond acceptors (Lipinski definition) is 4. The van der Waals surface area contributed by atoms with Crippen molar-refractivity contribution < 1.29 is 15.0 Å². The molecule has 2 N–H and O–H groups in total. The summed E-state index contributed by atoms with van der Waals surface area (Å²) in [6.45, 7) is 5.34. The Hall–Kier alpha value is -1.43. The van der Waals surface area contributed by atoms with Gasteiger partial charge in [0.05, 0.1) is 12.7 Å². The molecule has 0 unspecified atom stereocenters. The molecule has 2 aliphatic rings. The zero-order valence-corrected chi connectivity index (χ0v) is 15.2. The number of rotatable bonds is 6. The predicted octanol–water partition coefficient (Wildman–Crippen LogP) is 2.16. The summed E-state index contributed by atoms with van der Waals surface area (Å²) in [6, 6.07) is 8.24. The van der Waals surface area contributed by atoms with Gasteiger partial charge in [-0.3, -0.25) is 9.69 Å². The van der Waals surface area contributed by atoms with Crippen LogP contribution in [0, 0.1) is 5.41 Å². The number of carbonyl (C=O) groups is 1. The van der Waals surface area contributed by atoms with Crippen molar-refractivity contribution in [2.45, 2.75) is 51.7 Å². The van der Waals surface area contributed by atoms with E-state index >= 15 is 0 Å². The van der Waals surface area contributed by atoms with Crippen LogP contribution in [0.1, 0.15) is 44.6 Å². The molecule has 2 aliphatic heterocycles. The number of piperidine rings is 1. The largest absolute Gasteiger partial charge is 0.396 e. The number of anilines is 1. The molecule has 25 heavy (non-hydrogen) atoms. The number of aliphatic hydroxyl groups excluding tert-OH is 2. The van der Waals surface area contributed by atoms with Gasteiger partial charge in [0.15, 0.2) is 0 Å². The van der Waals surface area contributed by atoms with E-state index in [2.05, 4.69) is 24.0 Å². The lowest BCUT2D eigenvalue weighted by Gasteiger charge is -2.45. The lowest BCUT2D eigenvalue weighted by atomic mass is 9.74. The molecule has 5 nitrogen and oxygen atoms in total. The average Bonchev–Trinajstić information content (AvgIpc) is 3.05. The van der Waals surface area contributed by atoms with Crippen LogP contribution in [0.5, 0.6) is 0 Å². The second-order valence-corrected chi connectivity index (χ2v) is 7.60. The van der Waals surface area contributed by atoms with Gasteiger partial charge in [0, 0.05) is 43.7 Å². The van der Waals surface area contributed by atoms with Crippen LogP contribution < -0.4 is 4.90 Å². The molecule has 138 valence electrons. The molecular formula is C20H30N2O3. The normalized spacial score (nSPS) is 27.9. The monoisotopic (exact) mass is 346 g/mol. The molecule has 2 atom stereocenters. The molecule has 0 radical (unpaired) electrons. The van der Waals surface area contributed by atoms with E-state index in [1.165, 1.54) is 5.56 Å². The molecule has 0 aromatic heterocycles. The summed E-state index contributed by atoms with van der Waals surface area (Å²) in [4.78, 5) is 16.0. The van der Waals surface area contributed by atoms with Crippen molar-refractivity contribution in [1.82, 2.24) is 4.90 Å². The molecule has 0 saturated carbocycles. The van der Waals surface area contributed by atoms with E-state index < -0.39 is 11.5 Å². The van der Waals surface area contributed by atoms with Gasteiger partial charge in [0.25, 0.3) is 0 Å². The fourth-order valence-corrected chi connectivity index (χ4v) is 4.31.